The van der Waals surface area contributed by atoms with Gasteiger partial charge in [0.2, 0.25) is 0 Å². The van der Waals surface area contributed by atoms with Crippen molar-refractivity contribution in [1.29, 1.82) is 0 Å². The van der Waals surface area contributed by atoms with Gasteiger partial charge in [-0.1, -0.05) is 17.7 Å². The lowest BCUT2D eigenvalue weighted by atomic mass is 10.2. The molecule has 1 aromatic heterocycles. The van der Waals surface area contributed by atoms with Crippen LogP contribution in [0.5, 0.6) is 0 Å². The maximum atomic E-state index is 11.9. The zero-order chi connectivity index (χ0) is 17.2. The summed E-state index contributed by atoms with van der Waals surface area (Å²) in [6.07, 6.45) is 0.964. The molecule has 1 amide bonds. The topological polar surface area (TPSA) is 65.5 Å². The van der Waals surface area contributed by atoms with E-state index in [0.29, 0.717) is 23.7 Å². The zero-order valence-electron chi connectivity index (χ0n) is 13.9. The Kier molecular flexibility index (Phi) is 10.5. The molecule has 2 rings (SSSR count). The van der Waals surface area contributed by atoms with Gasteiger partial charge in [0.1, 0.15) is 0 Å². The van der Waals surface area contributed by atoms with Crippen molar-refractivity contribution in [1.82, 2.24) is 16.0 Å². The number of hydrogen-bond acceptors (Lipinski definition) is 3. The molecule has 8 heteroatoms. The van der Waals surface area contributed by atoms with Crippen LogP contribution >= 0.6 is 46.9 Å². The predicted octanol–water partition coefficient (Wildman–Crippen LogP) is 3.16. The fourth-order valence-electron chi connectivity index (χ4n) is 2.04. The highest BCUT2D eigenvalue weighted by molar-refractivity contribution is 14.0. The molecule has 2 aromatic rings. The lowest BCUT2D eigenvalue weighted by molar-refractivity contribution is 0.0954. The fourth-order valence-corrected chi connectivity index (χ4v) is 2.87. The summed E-state index contributed by atoms with van der Waals surface area (Å²) in [5, 5.41) is 12.0. The summed E-state index contributed by atoms with van der Waals surface area (Å²) in [4.78, 5) is 17.4. The molecule has 0 fully saturated rings. The van der Waals surface area contributed by atoms with Crippen molar-refractivity contribution in [2.75, 3.05) is 26.7 Å². The van der Waals surface area contributed by atoms with Gasteiger partial charge >= 0.3 is 0 Å². The van der Waals surface area contributed by atoms with Crippen LogP contribution in [0, 0.1) is 0 Å². The van der Waals surface area contributed by atoms with Gasteiger partial charge in [0.15, 0.2) is 5.96 Å². The summed E-state index contributed by atoms with van der Waals surface area (Å²) < 4.78 is 0. The molecule has 1 heterocycles. The number of carbonyl (C=O) groups is 1. The van der Waals surface area contributed by atoms with Crippen LogP contribution in [0.2, 0.25) is 5.02 Å². The van der Waals surface area contributed by atoms with Gasteiger partial charge in [0.25, 0.3) is 5.91 Å². The first-order valence-corrected chi connectivity index (χ1v) is 8.95. The van der Waals surface area contributed by atoms with E-state index in [1.165, 1.54) is 4.88 Å². The molecule has 0 saturated carbocycles. The second-order valence-corrected chi connectivity index (χ2v) is 6.49. The van der Waals surface area contributed by atoms with Crippen LogP contribution in [0.1, 0.15) is 15.2 Å². The Labute approximate surface area is 174 Å². The lowest BCUT2D eigenvalue weighted by Crippen LogP contribution is -2.42. The number of thiophene rings is 1. The quantitative estimate of drug-likeness (QED) is 0.241. The Morgan fingerprint density at radius 1 is 1.08 bits per heavy atom. The summed E-state index contributed by atoms with van der Waals surface area (Å²) >= 11 is 7.56. The van der Waals surface area contributed by atoms with Gasteiger partial charge in [0, 0.05) is 42.1 Å². The van der Waals surface area contributed by atoms with Crippen LogP contribution in [-0.2, 0) is 6.42 Å². The van der Waals surface area contributed by atoms with Crippen LogP contribution < -0.4 is 16.0 Å². The molecule has 0 aliphatic heterocycles. The summed E-state index contributed by atoms with van der Waals surface area (Å²) in [6.45, 7) is 1.92. The maximum absolute atomic E-state index is 11.9. The number of benzene rings is 1. The minimum atomic E-state index is -0.117. The van der Waals surface area contributed by atoms with Gasteiger partial charge in [-0.05, 0) is 42.1 Å². The second-order valence-electron chi connectivity index (χ2n) is 5.02. The van der Waals surface area contributed by atoms with Gasteiger partial charge < -0.3 is 16.0 Å². The van der Waals surface area contributed by atoms with Crippen LogP contribution in [0.3, 0.4) is 0 Å². The number of rotatable bonds is 7. The molecule has 0 spiro atoms. The third kappa shape index (κ3) is 8.06. The average Bonchev–Trinajstić information content (AvgIpc) is 3.10. The van der Waals surface area contributed by atoms with E-state index in [4.69, 9.17) is 11.6 Å². The van der Waals surface area contributed by atoms with Crippen molar-refractivity contribution < 1.29 is 4.79 Å². The molecule has 0 aliphatic rings. The maximum Gasteiger partial charge on any atom is 0.251 e. The number of nitrogens with zero attached hydrogens (tertiary/aromatic N) is 1. The van der Waals surface area contributed by atoms with E-state index in [-0.39, 0.29) is 29.9 Å². The van der Waals surface area contributed by atoms with E-state index in [9.17, 15) is 4.79 Å². The first-order valence-electron chi connectivity index (χ1n) is 7.69. The molecular weight excluding hydrogens is 471 g/mol. The summed E-state index contributed by atoms with van der Waals surface area (Å²) in [7, 11) is 1.73. The van der Waals surface area contributed by atoms with Gasteiger partial charge in [-0.25, -0.2) is 0 Å². The molecule has 3 N–H and O–H groups in total. The molecule has 0 bridgehead atoms. The number of carbonyl (C=O) groups excluding carboxylic acids is 1. The fraction of sp³-hybridized carbons (Fsp3) is 0.294. The highest BCUT2D eigenvalue weighted by Gasteiger charge is 2.04. The van der Waals surface area contributed by atoms with Gasteiger partial charge in [-0.3, -0.25) is 9.79 Å². The van der Waals surface area contributed by atoms with Crippen molar-refractivity contribution >= 4 is 58.8 Å². The highest BCUT2D eigenvalue weighted by Crippen LogP contribution is 2.09. The van der Waals surface area contributed by atoms with Gasteiger partial charge in [-0.15, -0.1) is 35.3 Å². The molecule has 0 unspecified atom stereocenters. The SMILES string of the molecule is CN=C(NCCNC(=O)c1ccc(Cl)cc1)NCCc1cccs1.I. The van der Waals surface area contributed by atoms with E-state index >= 15 is 0 Å². The normalized spacial score (nSPS) is 10.7. The minimum absolute atomic E-state index is 0. The number of hydrogen-bond donors (Lipinski definition) is 3. The molecule has 0 atom stereocenters. The molecule has 0 saturated heterocycles. The largest absolute Gasteiger partial charge is 0.356 e. The first kappa shape index (κ1) is 21.7. The standard InChI is InChI=1S/C17H21ClN4OS.HI/c1-19-17(21-9-8-15-3-2-12-24-15)22-11-10-20-16(23)13-4-6-14(18)7-5-13;/h2-7,12H,8-11H2,1H3,(H,20,23)(H2,19,21,22);1H. The van der Waals surface area contributed by atoms with Crippen LogP contribution in [-0.4, -0.2) is 38.5 Å². The van der Waals surface area contributed by atoms with E-state index in [1.54, 1.807) is 42.6 Å². The smallest absolute Gasteiger partial charge is 0.251 e. The third-order valence-electron chi connectivity index (χ3n) is 3.28. The van der Waals surface area contributed by atoms with E-state index in [0.717, 1.165) is 18.9 Å². The number of guanidine groups is 1. The predicted molar refractivity (Wildman–Crippen MR) is 117 cm³/mol. The molecule has 5 nitrogen and oxygen atoms in total. The monoisotopic (exact) mass is 492 g/mol. The number of aliphatic imine (C=N–C) groups is 1. The van der Waals surface area contributed by atoms with Crippen LogP contribution in [0.25, 0.3) is 0 Å². The first-order chi connectivity index (χ1) is 11.7. The Hall–Kier alpha value is -1.32. The Morgan fingerprint density at radius 2 is 1.76 bits per heavy atom. The van der Waals surface area contributed by atoms with Crippen molar-refractivity contribution in [2.24, 2.45) is 4.99 Å². The molecule has 0 radical (unpaired) electrons. The van der Waals surface area contributed by atoms with E-state index in [2.05, 4.69) is 38.5 Å². The Balaban J connectivity index is 0.00000312. The molecule has 0 aliphatic carbocycles. The molecule has 136 valence electrons. The van der Waals surface area contributed by atoms with Gasteiger partial charge in [0.05, 0.1) is 0 Å². The minimum Gasteiger partial charge on any atom is -0.356 e. The zero-order valence-corrected chi connectivity index (χ0v) is 17.8. The summed E-state index contributed by atoms with van der Waals surface area (Å²) in [5.41, 5.74) is 0.595. The molecule has 25 heavy (non-hydrogen) atoms. The third-order valence-corrected chi connectivity index (χ3v) is 4.47. The highest BCUT2D eigenvalue weighted by atomic mass is 127. The van der Waals surface area contributed by atoms with Crippen molar-refractivity contribution in [2.45, 2.75) is 6.42 Å². The number of amides is 1. The number of nitrogens with one attached hydrogen (secondary N) is 3. The number of halogens is 2. The van der Waals surface area contributed by atoms with E-state index in [1.807, 2.05) is 0 Å². The average molecular weight is 493 g/mol. The molecular formula is C17H22ClIN4OS. The summed E-state index contributed by atoms with van der Waals surface area (Å²) in [6, 6.07) is 11.0. The van der Waals surface area contributed by atoms with E-state index < -0.39 is 0 Å². The van der Waals surface area contributed by atoms with Crippen molar-refractivity contribution in [3.63, 3.8) is 0 Å². The Bertz CT molecular complexity index is 662. The summed E-state index contributed by atoms with van der Waals surface area (Å²) in [5.74, 6) is 0.612. The van der Waals surface area contributed by atoms with Crippen LogP contribution in [0.15, 0.2) is 46.8 Å². The Morgan fingerprint density at radius 3 is 2.40 bits per heavy atom. The lowest BCUT2D eigenvalue weighted by Gasteiger charge is -2.12. The van der Waals surface area contributed by atoms with Crippen LogP contribution in [0.4, 0.5) is 0 Å². The van der Waals surface area contributed by atoms with Gasteiger partial charge in [-0.2, -0.15) is 0 Å². The second kappa shape index (κ2) is 12.1. The van der Waals surface area contributed by atoms with Crippen molar-refractivity contribution in [3.05, 3.63) is 57.2 Å². The molecule has 1 aromatic carbocycles. The van der Waals surface area contributed by atoms with Crippen molar-refractivity contribution in [3.8, 4) is 0 Å².